The molecule has 0 unspecified atom stereocenters. The Morgan fingerprint density at radius 2 is 2.12 bits per heavy atom. The number of carbonyl (C=O) groups excluding carboxylic acids is 1. The second kappa shape index (κ2) is 9.58. The van der Waals surface area contributed by atoms with E-state index in [0.717, 1.165) is 61.2 Å². The van der Waals surface area contributed by atoms with Gasteiger partial charge in [0.25, 0.3) is 0 Å². The van der Waals surface area contributed by atoms with E-state index in [0.29, 0.717) is 19.0 Å². The number of anilines is 2. The molecule has 9 heteroatoms. The number of methoxy groups -OCH3 is 1. The molecular weight excluding hydrogens is 432 g/mol. The maximum absolute atomic E-state index is 12.3. The fraction of sp³-hybridized carbons (Fsp3) is 0.520. The summed E-state index contributed by atoms with van der Waals surface area (Å²) in [4.78, 5) is 24.0. The normalized spacial score (nSPS) is 20.7. The summed E-state index contributed by atoms with van der Waals surface area (Å²) in [7, 11) is 3.82. The van der Waals surface area contributed by atoms with Gasteiger partial charge in [0.15, 0.2) is 5.65 Å². The van der Waals surface area contributed by atoms with E-state index in [9.17, 15) is 4.79 Å². The van der Waals surface area contributed by atoms with Gasteiger partial charge in [0.2, 0.25) is 5.95 Å². The number of carbonyl (C=O) groups is 1. The molecule has 34 heavy (non-hydrogen) atoms. The van der Waals surface area contributed by atoms with E-state index >= 15 is 0 Å². The number of rotatable bonds is 6. The van der Waals surface area contributed by atoms with E-state index in [-0.39, 0.29) is 17.9 Å². The molecule has 3 aromatic rings. The quantitative estimate of drug-likeness (QED) is 0.550. The Morgan fingerprint density at radius 3 is 2.94 bits per heavy atom. The van der Waals surface area contributed by atoms with Crippen LogP contribution in [0, 0.1) is 5.92 Å². The Morgan fingerprint density at radius 1 is 1.24 bits per heavy atom. The lowest BCUT2D eigenvalue weighted by molar-refractivity contribution is -0.149. The molecule has 2 aliphatic rings. The highest BCUT2D eigenvalue weighted by Crippen LogP contribution is 2.36. The maximum Gasteiger partial charge on any atom is 0.308 e. The van der Waals surface area contributed by atoms with Crippen LogP contribution in [0.4, 0.5) is 11.6 Å². The van der Waals surface area contributed by atoms with Crippen LogP contribution in [0.25, 0.3) is 11.0 Å². The predicted molar refractivity (Wildman–Crippen MR) is 129 cm³/mol. The van der Waals surface area contributed by atoms with Crippen molar-refractivity contribution in [1.82, 2.24) is 24.6 Å². The second-order valence-electron chi connectivity index (χ2n) is 9.27. The van der Waals surface area contributed by atoms with Crippen LogP contribution in [-0.4, -0.2) is 57.9 Å². The zero-order valence-electron chi connectivity index (χ0n) is 20.1. The molecule has 0 amide bonds. The Balaban J connectivity index is 1.42. The minimum Gasteiger partial charge on any atom is -0.495 e. The molecule has 9 nitrogen and oxygen atoms in total. The second-order valence-corrected chi connectivity index (χ2v) is 9.27. The first-order valence-corrected chi connectivity index (χ1v) is 12.1. The molecule has 0 radical (unpaired) electrons. The molecule has 3 heterocycles. The maximum atomic E-state index is 12.3. The molecule has 1 aliphatic heterocycles. The molecule has 5 rings (SSSR count). The van der Waals surface area contributed by atoms with Gasteiger partial charge in [0, 0.05) is 19.3 Å². The summed E-state index contributed by atoms with van der Waals surface area (Å²) in [6, 6.07) is 4.36. The zero-order valence-corrected chi connectivity index (χ0v) is 20.1. The minimum absolute atomic E-state index is 0.0877. The highest BCUT2D eigenvalue weighted by molar-refractivity contribution is 5.76. The number of aromatic nitrogens is 4. The van der Waals surface area contributed by atoms with Gasteiger partial charge in [0.1, 0.15) is 5.75 Å². The Kier molecular flexibility index (Phi) is 6.36. The molecule has 180 valence electrons. The number of likely N-dealkylation sites (N-methyl/N-ethyl adjacent to an activating group) is 1. The van der Waals surface area contributed by atoms with Crippen molar-refractivity contribution in [2.24, 2.45) is 5.92 Å². The fourth-order valence-corrected chi connectivity index (χ4v) is 5.14. The van der Waals surface area contributed by atoms with Gasteiger partial charge in [0.05, 0.1) is 42.9 Å². The number of ether oxygens (including phenoxy) is 2. The van der Waals surface area contributed by atoms with Gasteiger partial charge >= 0.3 is 5.97 Å². The van der Waals surface area contributed by atoms with Crippen LogP contribution in [0.5, 0.6) is 5.75 Å². The third-order valence-electron chi connectivity index (χ3n) is 6.92. The molecule has 1 saturated carbocycles. The molecule has 1 N–H and O–H groups in total. The number of nitrogens with zero attached hydrogens (tertiary/aromatic N) is 5. The van der Waals surface area contributed by atoms with Gasteiger partial charge < -0.3 is 19.7 Å². The van der Waals surface area contributed by atoms with E-state index in [1.165, 1.54) is 11.1 Å². The van der Waals surface area contributed by atoms with E-state index in [1.54, 1.807) is 19.5 Å². The third-order valence-corrected chi connectivity index (χ3v) is 6.92. The lowest BCUT2D eigenvalue weighted by Crippen LogP contribution is -2.27. The lowest BCUT2D eigenvalue weighted by Gasteiger charge is -2.28. The van der Waals surface area contributed by atoms with Gasteiger partial charge in [-0.15, -0.1) is 0 Å². The molecule has 1 aromatic carbocycles. The van der Waals surface area contributed by atoms with Crippen molar-refractivity contribution in [3.05, 3.63) is 35.7 Å². The standard InChI is InChI=1S/C25H32N6O3/c1-4-34-24(32)17-6-5-7-20(10-17)31-23-19(14-27-31)13-26-25(29-23)28-21-11-18-15-30(2)9-8-16(18)12-22(21)33-3/h11-14,17,20H,4-10,15H2,1-3H3,(H,26,28,29)/t17-,20+/m1/s1. The number of hydrogen-bond acceptors (Lipinski definition) is 8. The zero-order chi connectivity index (χ0) is 23.7. The van der Waals surface area contributed by atoms with Crippen LogP contribution in [0.3, 0.4) is 0 Å². The monoisotopic (exact) mass is 464 g/mol. The van der Waals surface area contributed by atoms with Crippen LogP contribution in [0.2, 0.25) is 0 Å². The Labute approximate surface area is 199 Å². The summed E-state index contributed by atoms with van der Waals surface area (Å²) in [5.41, 5.74) is 4.23. The SMILES string of the molecule is CCOC(=O)[C@@H]1CCC[C@H](n2ncc3cnc(Nc4cc5c(cc4OC)CCN(C)C5)nc32)C1. The summed E-state index contributed by atoms with van der Waals surface area (Å²) in [6.45, 7) is 4.21. The van der Waals surface area contributed by atoms with Crippen LogP contribution in [-0.2, 0) is 22.5 Å². The summed E-state index contributed by atoms with van der Waals surface area (Å²) >= 11 is 0. The van der Waals surface area contributed by atoms with Crippen molar-refractivity contribution < 1.29 is 14.3 Å². The van der Waals surface area contributed by atoms with Crippen LogP contribution in [0.1, 0.15) is 49.8 Å². The van der Waals surface area contributed by atoms with Crippen molar-refractivity contribution in [2.45, 2.75) is 51.6 Å². The van der Waals surface area contributed by atoms with Gasteiger partial charge in [-0.2, -0.15) is 10.1 Å². The minimum atomic E-state index is -0.106. The first-order valence-electron chi connectivity index (χ1n) is 12.1. The largest absolute Gasteiger partial charge is 0.495 e. The molecule has 2 atom stereocenters. The molecular formula is C25H32N6O3. The van der Waals surface area contributed by atoms with E-state index in [1.807, 2.05) is 11.6 Å². The molecule has 0 bridgehead atoms. The number of benzene rings is 1. The number of fused-ring (bicyclic) bond motifs is 2. The molecule has 2 aromatic heterocycles. The lowest BCUT2D eigenvalue weighted by atomic mass is 9.86. The summed E-state index contributed by atoms with van der Waals surface area (Å²) in [6.07, 6.45) is 8.11. The van der Waals surface area contributed by atoms with E-state index in [2.05, 4.69) is 39.5 Å². The highest BCUT2D eigenvalue weighted by Gasteiger charge is 2.30. The van der Waals surface area contributed by atoms with Gasteiger partial charge in [-0.1, -0.05) is 6.42 Å². The molecule has 1 fully saturated rings. The van der Waals surface area contributed by atoms with Gasteiger partial charge in [-0.3, -0.25) is 4.79 Å². The van der Waals surface area contributed by atoms with Crippen molar-refractivity contribution >= 4 is 28.6 Å². The summed E-state index contributed by atoms with van der Waals surface area (Å²) < 4.78 is 12.9. The smallest absolute Gasteiger partial charge is 0.308 e. The van der Waals surface area contributed by atoms with Crippen molar-refractivity contribution in [2.75, 3.05) is 32.6 Å². The summed E-state index contributed by atoms with van der Waals surface area (Å²) in [5, 5.41) is 8.85. The van der Waals surface area contributed by atoms with Crippen LogP contribution in [0.15, 0.2) is 24.5 Å². The predicted octanol–water partition coefficient (Wildman–Crippen LogP) is 3.86. The number of hydrogen-bond donors (Lipinski definition) is 1. The van der Waals surface area contributed by atoms with Gasteiger partial charge in [-0.05, 0) is 62.9 Å². The topological polar surface area (TPSA) is 94.4 Å². The van der Waals surface area contributed by atoms with E-state index < -0.39 is 0 Å². The van der Waals surface area contributed by atoms with Crippen LogP contribution >= 0.6 is 0 Å². The van der Waals surface area contributed by atoms with Crippen molar-refractivity contribution in [3.8, 4) is 5.75 Å². The number of nitrogens with one attached hydrogen (secondary N) is 1. The molecule has 0 saturated heterocycles. The van der Waals surface area contributed by atoms with Crippen LogP contribution < -0.4 is 10.1 Å². The molecule has 1 aliphatic carbocycles. The van der Waals surface area contributed by atoms with Crippen molar-refractivity contribution in [3.63, 3.8) is 0 Å². The first-order chi connectivity index (χ1) is 16.6. The van der Waals surface area contributed by atoms with E-state index in [4.69, 9.17) is 14.5 Å². The van der Waals surface area contributed by atoms with Gasteiger partial charge in [-0.25, -0.2) is 9.67 Å². The average Bonchev–Trinajstić information content (AvgIpc) is 3.27. The fourth-order valence-electron chi connectivity index (χ4n) is 5.14. The molecule has 0 spiro atoms. The van der Waals surface area contributed by atoms with Crippen molar-refractivity contribution in [1.29, 1.82) is 0 Å². The highest BCUT2D eigenvalue weighted by atomic mass is 16.5. The summed E-state index contributed by atoms with van der Waals surface area (Å²) in [5.74, 6) is 1.08. The number of esters is 1. The average molecular weight is 465 g/mol. The Hall–Kier alpha value is -3.20. The first kappa shape index (κ1) is 22.6. The Bertz CT molecular complexity index is 1190. The third kappa shape index (κ3) is 4.44.